The number of nitro benzene ring substituents is 1. The van der Waals surface area contributed by atoms with Gasteiger partial charge in [-0.05, 0) is 48.6 Å². The van der Waals surface area contributed by atoms with Crippen molar-refractivity contribution in [3.63, 3.8) is 0 Å². The third-order valence-corrected chi connectivity index (χ3v) is 8.80. The van der Waals surface area contributed by atoms with Crippen molar-refractivity contribution in [3.05, 3.63) is 62.9 Å². The van der Waals surface area contributed by atoms with Gasteiger partial charge in [0.15, 0.2) is 4.80 Å². The van der Waals surface area contributed by atoms with Crippen LogP contribution in [0.4, 0.5) is 5.69 Å². The first-order valence-electron chi connectivity index (χ1n) is 11.0. The number of benzene rings is 2. The first-order valence-corrected chi connectivity index (χ1v) is 13.3. The van der Waals surface area contributed by atoms with Crippen molar-refractivity contribution in [2.75, 3.05) is 13.1 Å². The summed E-state index contributed by atoms with van der Waals surface area (Å²) in [4.78, 5) is 28.1. The molecule has 35 heavy (non-hydrogen) atoms. The van der Waals surface area contributed by atoms with E-state index in [4.69, 9.17) is 6.42 Å². The number of hydrogen-bond acceptors (Lipinski definition) is 6. The van der Waals surface area contributed by atoms with Crippen LogP contribution in [0.3, 0.4) is 0 Å². The Morgan fingerprint density at radius 3 is 2.46 bits per heavy atom. The summed E-state index contributed by atoms with van der Waals surface area (Å²) in [7, 11) is -3.66. The van der Waals surface area contributed by atoms with E-state index in [0.29, 0.717) is 28.1 Å². The number of hydrogen-bond donors (Lipinski definition) is 0. The van der Waals surface area contributed by atoms with Crippen molar-refractivity contribution in [2.24, 2.45) is 16.8 Å². The smallest absolute Gasteiger partial charge is 0.279 e. The maximum absolute atomic E-state index is 13.1. The highest BCUT2D eigenvalue weighted by molar-refractivity contribution is 7.89. The van der Waals surface area contributed by atoms with Gasteiger partial charge in [-0.3, -0.25) is 14.9 Å². The van der Waals surface area contributed by atoms with Gasteiger partial charge in [-0.1, -0.05) is 31.1 Å². The van der Waals surface area contributed by atoms with E-state index in [-0.39, 0.29) is 34.5 Å². The van der Waals surface area contributed by atoms with Gasteiger partial charge in [0.2, 0.25) is 10.0 Å². The van der Waals surface area contributed by atoms with Gasteiger partial charge in [-0.2, -0.15) is 9.30 Å². The van der Waals surface area contributed by atoms with Crippen molar-refractivity contribution >= 4 is 43.2 Å². The van der Waals surface area contributed by atoms with E-state index in [1.165, 1.54) is 52.0 Å². The van der Waals surface area contributed by atoms with E-state index in [1.807, 2.05) is 13.8 Å². The van der Waals surface area contributed by atoms with Crippen molar-refractivity contribution in [1.29, 1.82) is 0 Å². The highest BCUT2D eigenvalue weighted by Crippen LogP contribution is 2.27. The second-order valence-corrected chi connectivity index (χ2v) is 11.7. The minimum absolute atomic E-state index is 0.0805. The van der Waals surface area contributed by atoms with Crippen LogP contribution in [0.1, 0.15) is 30.6 Å². The van der Waals surface area contributed by atoms with Gasteiger partial charge in [0, 0.05) is 30.8 Å². The van der Waals surface area contributed by atoms with Gasteiger partial charge in [0.1, 0.15) is 0 Å². The number of non-ortho nitro benzene ring substituents is 1. The van der Waals surface area contributed by atoms with Crippen LogP contribution in [-0.2, 0) is 16.6 Å². The standard InChI is InChI=1S/C24H24N4O5S2/c1-4-11-27-21-13-19(28(30)31)7-10-22(21)34-24(27)25-23(29)18-5-8-20(9-6-18)35(32,33)26-14-16(2)12-17(3)15-26/h1,5-10,13,16-17H,11-12,14-15H2,2-3H3. The molecule has 0 aliphatic carbocycles. The second-order valence-electron chi connectivity index (χ2n) is 8.79. The third-order valence-electron chi connectivity index (χ3n) is 5.90. The highest BCUT2D eigenvalue weighted by atomic mass is 32.2. The molecule has 4 rings (SSSR count). The van der Waals surface area contributed by atoms with E-state index < -0.39 is 20.9 Å². The lowest BCUT2D eigenvalue weighted by Crippen LogP contribution is -2.42. The van der Waals surface area contributed by atoms with Gasteiger partial charge in [0.05, 0.1) is 26.6 Å². The molecule has 1 aliphatic heterocycles. The Morgan fingerprint density at radius 2 is 1.86 bits per heavy atom. The normalized spacial score (nSPS) is 19.5. The van der Waals surface area contributed by atoms with Crippen molar-refractivity contribution in [1.82, 2.24) is 8.87 Å². The zero-order valence-electron chi connectivity index (χ0n) is 19.2. The number of terminal acetylenes is 1. The maximum atomic E-state index is 13.1. The average Bonchev–Trinajstić information content (AvgIpc) is 3.15. The maximum Gasteiger partial charge on any atom is 0.279 e. The van der Waals surface area contributed by atoms with Crippen LogP contribution in [0.5, 0.6) is 0 Å². The third kappa shape index (κ3) is 5.05. The second kappa shape index (κ2) is 9.73. The molecule has 2 aromatic carbocycles. The Labute approximate surface area is 206 Å². The molecule has 0 spiro atoms. The fraction of sp³-hybridized carbons (Fsp3) is 0.333. The summed E-state index contributed by atoms with van der Waals surface area (Å²) in [5, 5.41) is 11.2. The summed E-state index contributed by atoms with van der Waals surface area (Å²) in [6.07, 6.45) is 6.46. The Kier molecular flexibility index (Phi) is 6.89. The van der Waals surface area contributed by atoms with Gasteiger partial charge in [-0.15, -0.1) is 6.42 Å². The lowest BCUT2D eigenvalue weighted by molar-refractivity contribution is -0.384. The molecule has 1 fully saturated rings. The Bertz CT molecular complexity index is 1500. The number of sulfonamides is 1. The Balaban J connectivity index is 1.65. The van der Waals surface area contributed by atoms with Crippen molar-refractivity contribution < 1.29 is 18.1 Å². The molecule has 0 radical (unpaired) electrons. The van der Waals surface area contributed by atoms with E-state index >= 15 is 0 Å². The molecule has 1 amide bonds. The molecule has 0 saturated carbocycles. The van der Waals surface area contributed by atoms with Gasteiger partial charge < -0.3 is 4.57 Å². The van der Waals surface area contributed by atoms with Gasteiger partial charge >= 0.3 is 0 Å². The van der Waals surface area contributed by atoms with Crippen LogP contribution in [0.25, 0.3) is 10.2 Å². The molecule has 1 saturated heterocycles. The summed E-state index contributed by atoms with van der Waals surface area (Å²) >= 11 is 1.19. The predicted octanol–water partition coefficient (Wildman–Crippen LogP) is 3.65. The lowest BCUT2D eigenvalue weighted by Gasteiger charge is -2.34. The van der Waals surface area contributed by atoms with Crippen LogP contribution in [0.2, 0.25) is 0 Å². The monoisotopic (exact) mass is 512 g/mol. The highest BCUT2D eigenvalue weighted by Gasteiger charge is 2.31. The largest absolute Gasteiger partial charge is 0.304 e. The zero-order valence-corrected chi connectivity index (χ0v) is 20.9. The predicted molar refractivity (Wildman–Crippen MR) is 133 cm³/mol. The van der Waals surface area contributed by atoms with Crippen molar-refractivity contribution in [2.45, 2.75) is 31.7 Å². The molecule has 9 nitrogen and oxygen atoms in total. The molecule has 1 aliphatic rings. The number of nitro groups is 1. The number of carbonyl (C=O) groups is 1. The molecule has 2 unspecified atom stereocenters. The van der Waals surface area contributed by atoms with Crippen LogP contribution >= 0.6 is 11.3 Å². The van der Waals surface area contributed by atoms with E-state index in [2.05, 4.69) is 10.9 Å². The fourth-order valence-electron chi connectivity index (χ4n) is 4.37. The molecule has 2 heterocycles. The molecule has 2 atom stereocenters. The number of aromatic nitrogens is 1. The molecule has 3 aromatic rings. The molecule has 182 valence electrons. The number of thiazole rings is 1. The van der Waals surface area contributed by atoms with E-state index in [1.54, 1.807) is 10.6 Å². The van der Waals surface area contributed by atoms with Crippen LogP contribution in [0, 0.1) is 34.3 Å². The topological polar surface area (TPSA) is 115 Å². The number of amides is 1. The minimum atomic E-state index is -3.66. The molecular weight excluding hydrogens is 488 g/mol. The quantitative estimate of drug-likeness (QED) is 0.294. The number of carbonyl (C=O) groups excluding carboxylic acids is 1. The average molecular weight is 513 g/mol. The first-order chi connectivity index (χ1) is 16.6. The lowest BCUT2D eigenvalue weighted by atomic mass is 9.94. The van der Waals surface area contributed by atoms with Crippen LogP contribution in [-0.4, -0.2) is 41.2 Å². The molecule has 0 bridgehead atoms. The van der Waals surface area contributed by atoms with E-state index in [0.717, 1.165) is 6.42 Å². The Hall–Kier alpha value is -3.33. The number of fused-ring (bicyclic) bond motifs is 1. The number of piperidine rings is 1. The summed E-state index contributed by atoms with van der Waals surface area (Å²) in [5.74, 6) is 2.48. The number of rotatable bonds is 5. The summed E-state index contributed by atoms with van der Waals surface area (Å²) in [6.45, 7) is 5.11. The van der Waals surface area contributed by atoms with Crippen LogP contribution in [0.15, 0.2) is 52.4 Å². The fourth-order valence-corrected chi connectivity index (χ4v) is 7.06. The SMILES string of the molecule is C#CCn1c(=NC(=O)c2ccc(S(=O)(=O)N3CC(C)CC(C)C3)cc2)sc2ccc([N+](=O)[O-])cc21. The summed E-state index contributed by atoms with van der Waals surface area (Å²) < 4.78 is 30.0. The number of nitrogens with zero attached hydrogens (tertiary/aromatic N) is 4. The Morgan fingerprint density at radius 1 is 1.20 bits per heavy atom. The zero-order chi connectivity index (χ0) is 25.3. The van der Waals surface area contributed by atoms with Gasteiger partial charge in [-0.25, -0.2) is 8.42 Å². The molecule has 0 N–H and O–H groups in total. The van der Waals surface area contributed by atoms with Gasteiger partial charge in [0.25, 0.3) is 11.6 Å². The van der Waals surface area contributed by atoms with Crippen LogP contribution < -0.4 is 4.80 Å². The van der Waals surface area contributed by atoms with Crippen molar-refractivity contribution in [3.8, 4) is 12.3 Å². The summed E-state index contributed by atoms with van der Waals surface area (Å²) in [6, 6.07) is 10.1. The molecular formula is C24H24N4O5S2. The summed E-state index contributed by atoms with van der Waals surface area (Å²) in [5.41, 5.74) is 0.647. The van der Waals surface area contributed by atoms with E-state index in [9.17, 15) is 23.3 Å². The molecule has 11 heteroatoms. The first kappa shape index (κ1) is 24.8. The minimum Gasteiger partial charge on any atom is -0.304 e. The molecule has 1 aromatic heterocycles.